The number of aliphatic hydroxyl groups excluding tert-OH is 1. The molecule has 0 unspecified atom stereocenters. The summed E-state index contributed by atoms with van der Waals surface area (Å²) in [5.74, 6) is 0.941. The van der Waals surface area contributed by atoms with Crippen LogP contribution < -0.4 is 5.32 Å². The number of hydrogen-bond acceptors (Lipinski definition) is 4. The number of methoxy groups -OCH3 is 1. The molecule has 0 radical (unpaired) electrons. The van der Waals surface area contributed by atoms with E-state index in [1.807, 2.05) is 0 Å². The Morgan fingerprint density at radius 1 is 1.38 bits per heavy atom. The van der Waals surface area contributed by atoms with Crippen LogP contribution in [0.1, 0.15) is 26.2 Å². The number of aliphatic hydroxyl groups is 1. The Morgan fingerprint density at radius 3 is 2.76 bits per heavy atom. The first-order chi connectivity index (χ1) is 10.2. The SMILES string of the molecule is CCNC(=NCCN(CCOC)C1CC1)N1CC[C@@H](O)C1. The average Bonchev–Trinajstić information content (AvgIpc) is 3.23. The fourth-order valence-electron chi connectivity index (χ4n) is 2.77. The van der Waals surface area contributed by atoms with Gasteiger partial charge in [-0.1, -0.05) is 0 Å². The van der Waals surface area contributed by atoms with Gasteiger partial charge in [0.25, 0.3) is 0 Å². The lowest BCUT2D eigenvalue weighted by Gasteiger charge is -2.23. The van der Waals surface area contributed by atoms with E-state index < -0.39 is 0 Å². The molecule has 0 amide bonds. The van der Waals surface area contributed by atoms with Crippen LogP contribution in [-0.2, 0) is 4.74 Å². The number of ether oxygens (including phenoxy) is 1. The lowest BCUT2D eigenvalue weighted by atomic mass is 10.3. The molecule has 122 valence electrons. The third kappa shape index (κ3) is 5.45. The first kappa shape index (κ1) is 16.5. The van der Waals surface area contributed by atoms with Crippen molar-refractivity contribution < 1.29 is 9.84 Å². The van der Waals surface area contributed by atoms with Crippen LogP contribution in [0.3, 0.4) is 0 Å². The summed E-state index contributed by atoms with van der Waals surface area (Å²) in [6.07, 6.45) is 3.25. The molecule has 2 aliphatic rings. The van der Waals surface area contributed by atoms with Crippen LogP contribution >= 0.6 is 0 Å². The second kappa shape index (κ2) is 8.56. The largest absolute Gasteiger partial charge is 0.391 e. The molecule has 0 spiro atoms. The zero-order valence-corrected chi connectivity index (χ0v) is 13.4. The summed E-state index contributed by atoms with van der Waals surface area (Å²) in [6, 6.07) is 0.742. The summed E-state index contributed by atoms with van der Waals surface area (Å²) in [4.78, 5) is 9.36. The quantitative estimate of drug-likeness (QED) is 0.493. The van der Waals surface area contributed by atoms with Crippen molar-refractivity contribution >= 4 is 5.96 Å². The standard InChI is InChI=1S/C15H30N4O2/c1-3-16-15(19-8-6-14(20)12-19)17-7-9-18(10-11-21-2)13-4-5-13/h13-14,20H,3-12H2,1-2H3,(H,16,17)/t14-/m1/s1. The average molecular weight is 298 g/mol. The monoisotopic (exact) mass is 298 g/mol. The molecule has 1 atom stereocenters. The molecule has 2 rings (SSSR count). The van der Waals surface area contributed by atoms with E-state index in [1.54, 1.807) is 7.11 Å². The van der Waals surface area contributed by atoms with Crippen molar-refractivity contribution in [2.45, 2.75) is 38.3 Å². The highest BCUT2D eigenvalue weighted by molar-refractivity contribution is 5.80. The van der Waals surface area contributed by atoms with Crippen LogP contribution in [0.15, 0.2) is 4.99 Å². The fourth-order valence-corrected chi connectivity index (χ4v) is 2.77. The number of nitrogens with one attached hydrogen (secondary N) is 1. The second-order valence-corrected chi connectivity index (χ2v) is 5.88. The maximum absolute atomic E-state index is 9.66. The molecule has 21 heavy (non-hydrogen) atoms. The van der Waals surface area contributed by atoms with Gasteiger partial charge in [0.05, 0.1) is 19.3 Å². The smallest absolute Gasteiger partial charge is 0.194 e. The van der Waals surface area contributed by atoms with E-state index in [0.717, 1.165) is 57.8 Å². The molecule has 6 nitrogen and oxygen atoms in total. The van der Waals surface area contributed by atoms with Crippen molar-refractivity contribution in [3.63, 3.8) is 0 Å². The van der Waals surface area contributed by atoms with Crippen molar-refractivity contribution in [1.82, 2.24) is 15.1 Å². The molecule has 1 aliphatic heterocycles. The first-order valence-corrected chi connectivity index (χ1v) is 8.19. The minimum Gasteiger partial charge on any atom is -0.391 e. The molecule has 0 aromatic carbocycles. The number of aliphatic imine (C=N–C) groups is 1. The molecule has 1 saturated heterocycles. The number of β-amino-alcohol motifs (C(OH)–C–C–N with tert-alkyl or cyclic N) is 1. The number of guanidine groups is 1. The molecule has 6 heteroatoms. The van der Waals surface area contributed by atoms with E-state index >= 15 is 0 Å². The van der Waals surface area contributed by atoms with Gasteiger partial charge in [0.2, 0.25) is 0 Å². The van der Waals surface area contributed by atoms with E-state index in [2.05, 4.69) is 22.0 Å². The van der Waals surface area contributed by atoms with Crippen LogP contribution in [0.2, 0.25) is 0 Å². The van der Waals surface area contributed by atoms with Gasteiger partial charge in [-0.05, 0) is 26.2 Å². The maximum Gasteiger partial charge on any atom is 0.194 e. The van der Waals surface area contributed by atoms with Crippen molar-refractivity contribution in [2.24, 2.45) is 4.99 Å². The zero-order valence-electron chi connectivity index (χ0n) is 13.4. The highest BCUT2D eigenvalue weighted by Crippen LogP contribution is 2.26. The molecule has 2 fully saturated rings. The Bertz CT molecular complexity index is 334. The second-order valence-electron chi connectivity index (χ2n) is 5.88. The molecule has 0 bridgehead atoms. The highest BCUT2D eigenvalue weighted by Gasteiger charge is 2.28. The normalized spacial score (nSPS) is 23.1. The molecular formula is C15H30N4O2. The van der Waals surface area contributed by atoms with Crippen LogP contribution in [0, 0.1) is 0 Å². The predicted octanol–water partition coefficient (Wildman–Crippen LogP) is 0.129. The van der Waals surface area contributed by atoms with Gasteiger partial charge in [-0.15, -0.1) is 0 Å². The van der Waals surface area contributed by atoms with Gasteiger partial charge in [0, 0.05) is 45.9 Å². The molecule has 1 heterocycles. The highest BCUT2D eigenvalue weighted by atomic mass is 16.5. The van der Waals surface area contributed by atoms with E-state index in [0.29, 0.717) is 6.54 Å². The van der Waals surface area contributed by atoms with Crippen LogP contribution in [-0.4, -0.2) is 86.0 Å². The van der Waals surface area contributed by atoms with E-state index in [9.17, 15) is 5.11 Å². The van der Waals surface area contributed by atoms with Gasteiger partial charge in [-0.25, -0.2) is 0 Å². The van der Waals surface area contributed by atoms with Crippen LogP contribution in [0.25, 0.3) is 0 Å². The molecule has 1 saturated carbocycles. The summed E-state index contributed by atoms with van der Waals surface area (Å²) in [6.45, 7) is 8.10. The lowest BCUT2D eigenvalue weighted by Crippen LogP contribution is -2.41. The van der Waals surface area contributed by atoms with Gasteiger partial charge in [0.15, 0.2) is 5.96 Å². The fraction of sp³-hybridized carbons (Fsp3) is 0.933. The van der Waals surface area contributed by atoms with Gasteiger partial charge in [-0.3, -0.25) is 9.89 Å². The van der Waals surface area contributed by atoms with E-state index in [4.69, 9.17) is 9.73 Å². The zero-order chi connectivity index (χ0) is 15.1. The van der Waals surface area contributed by atoms with Gasteiger partial charge in [-0.2, -0.15) is 0 Å². The Kier molecular flexibility index (Phi) is 6.73. The van der Waals surface area contributed by atoms with E-state index in [-0.39, 0.29) is 6.10 Å². The first-order valence-electron chi connectivity index (χ1n) is 8.19. The summed E-state index contributed by atoms with van der Waals surface area (Å²) >= 11 is 0. The molecular weight excluding hydrogens is 268 g/mol. The summed E-state index contributed by atoms with van der Waals surface area (Å²) < 4.78 is 5.18. The Morgan fingerprint density at radius 2 is 2.19 bits per heavy atom. The third-order valence-electron chi connectivity index (χ3n) is 4.09. The van der Waals surface area contributed by atoms with Crippen molar-refractivity contribution in [3.8, 4) is 0 Å². The molecule has 1 aliphatic carbocycles. The minimum atomic E-state index is -0.210. The van der Waals surface area contributed by atoms with Crippen molar-refractivity contribution in [2.75, 3.05) is 53.0 Å². The lowest BCUT2D eigenvalue weighted by molar-refractivity contribution is 0.145. The summed E-state index contributed by atoms with van der Waals surface area (Å²) in [5, 5.41) is 13.0. The van der Waals surface area contributed by atoms with Crippen molar-refractivity contribution in [3.05, 3.63) is 0 Å². The number of likely N-dealkylation sites (tertiary alicyclic amines) is 1. The van der Waals surface area contributed by atoms with Gasteiger partial charge in [0.1, 0.15) is 0 Å². The third-order valence-corrected chi connectivity index (χ3v) is 4.09. The molecule has 2 N–H and O–H groups in total. The molecule has 0 aromatic rings. The van der Waals surface area contributed by atoms with Crippen LogP contribution in [0.5, 0.6) is 0 Å². The summed E-state index contributed by atoms with van der Waals surface area (Å²) in [5.41, 5.74) is 0. The Hall–Kier alpha value is -0.850. The number of hydrogen-bond donors (Lipinski definition) is 2. The van der Waals surface area contributed by atoms with Crippen molar-refractivity contribution in [1.29, 1.82) is 0 Å². The number of nitrogens with zero attached hydrogens (tertiary/aromatic N) is 3. The van der Waals surface area contributed by atoms with Crippen LogP contribution in [0.4, 0.5) is 0 Å². The van der Waals surface area contributed by atoms with Gasteiger partial charge < -0.3 is 20.1 Å². The Labute approximate surface area is 128 Å². The van der Waals surface area contributed by atoms with Gasteiger partial charge >= 0.3 is 0 Å². The molecule has 0 aromatic heterocycles. The summed E-state index contributed by atoms with van der Waals surface area (Å²) in [7, 11) is 1.76. The maximum atomic E-state index is 9.66. The minimum absolute atomic E-state index is 0.210. The van der Waals surface area contributed by atoms with E-state index in [1.165, 1.54) is 12.8 Å². The predicted molar refractivity (Wildman–Crippen MR) is 84.6 cm³/mol. The Balaban J connectivity index is 1.80. The number of rotatable bonds is 8. The topological polar surface area (TPSA) is 60.3 Å².